The summed E-state index contributed by atoms with van der Waals surface area (Å²) in [6, 6.07) is 9.43. The van der Waals surface area contributed by atoms with E-state index in [0.29, 0.717) is 12.1 Å². The second-order valence-corrected chi connectivity index (χ2v) is 7.00. The Kier molecular flexibility index (Phi) is 5.16. The predicted molar refractivity (Wildman–Crippen MR) is 93.2 cm³/mol. The Hall–Kier alpha value is -1.21. The van der Waals surface area contributed by atoms with Gasteiger partial charge in [-0.25, -0.2) is 9.37 Å². The van der Waals surface area contributed by atoms with Gasteiger partial charge in [-0.3, -0.25) is 0 Å². The van der Waals surface area contributed by atoms with Crippen LogP contribution < -0.4 is 10.6 Å². The first kappa shape index (κ1) is 16.2. The minimum atomic E-state index is -0.311. The summed E-state index contributed by atoms with van der Waals surface area (Å²) in [5.41, 5.74) is 1.40. The second kappa shape index (κ2) is 6.70. The van der Waals surface area contributed by atoms with Crippen LogP contribution in [-0.4, -0.2) is 10.5 Å². The predicted octanol–water partition coefficient (Wildman–Crippen LogP) is 4.46. The van der Waals surface area contributed by atoms with Crippen molar-refractivity contribution in [2.45, 2.75) is 32.9 Å². The molecule has 5 heteroatoms. The molecule has 0 saturated carbocycles. The fraction of sp³-hybridized carbons (Fsp3) is 0.312. The van der Waals surface area contributed by atoms with Gasteiger partial charge in [0, 0.05) is 27.4 Å². The molecule has 0 aliphatic heterocycles. The van der Waals surface area contributed by atoms with Crippen LogP contribution in [-0.2, 0) is 6.54 Å². The Labute approximate surface area is 138 Å². The number of pyridine rings is 1. The fourth-order valence-corrected chi connectivity index (χ4v) is 2.28. The van der Waals surface area contributed by atoms with Gasteiger partial charge in [0.15, 0.2) is 11.6 Å². The molecule has 0 radical (unpaired) electrons. The third-order valence-electron chi connectivity index (χ3n) is 2.91. The van der Waals surface area contributed by atoms with Crippen molar-refractivity contribution in [3.63, 3.8) is 0 Å². The van der Waals surface area contributed by atoms with Gasteiger partial charge in [0.1, 0.15) is 0 Å². The molecule has 0 saturated heterocycles. The Morgan fingerprint density at radius 3 is 2.57 bits per heavy atom. The first-order chi connectivity index (χ1) is 9.87. The van der Waals surface area contributed by atoms with E-state index in [1.165, 1.54) is 0 Å². The summed E-state index contributed by atoms with van der Waals surface area (Å²) >= 11 is 2.21. The summed E-state index contributed by atoms with van der Waals surface area (Å²) < 4.78 is 15.5. The molecule has 0 aliphatic carbocycles. The van der Waals surface area contributed by atoms with E-state index in [0.717, 1.165) is 9.26 Å². The van der Waals surface area contributed by atoms with Crippen LogP contribution in [0.4, 0.5) is 15.9 Å². The smallest absolute Gasteiger partial charge is 0.170 e. The molecule has 1 aromatic carbocycles. The molecule has 21 heavy (non-hydrogen) atoms. The van der Waals surface area contributed by atoms with E-state index in [4.69, 9.17) is 0 Å². The molecule has 0 aliphatic rings. The van der Waals surface area contributed by atoms with Crippen molar-refractivity contribution < 1.29 is 4.39 Å². The normalized spacial score (nSPS) is 11.5. The number of nitrogens with one attached hydrogen (secondary N) is 2. The summed E-state index contributed by atoms with van der Waals surface area (Å²) in [7, 11) is 0. The minimum Gasteiger partial charge on any atom is -0.337 e. The van der Waals surface area contributed by atoms with Crippen molar-refractivity contribution in [3.05, 3.63) is 51.5 Å². The van der Waals surface area contributed by atoms with Gasteiger partial charge < -0.3 is 10.6 Å². The number of nitrogens with zero attached hydrogens (tertiary/aromatic N) is 1. The van der Waals surface area contributed by atoms with Gasteiger partial charge in [0.05, 0.1) is 5.69 Å². The van der Waals surface area contributed by atoms with E-state index >= 15 is 0 Å². The van der Waals surface area contributed by atoms with Crippen molar-refractivity contribution in [1.82, 2.24) is 10.3 Å². The number of anilines is 2. The van der Waals surface area contributed by atoms with Crippen LogP contribution >= 0.6 is 22.6 Å². The number of para-hydroxylation sites is 1. The van der Waals surface area contributed by atoms with Crippen LogP contribution in [0.15, 0.2) is 36.5 Å². The Balaban J connectivity index is 2.20. The molecule has 3 nitrogen and oxygen atoms in total. The highest BCUT2D eigenvalue weighted by atomic mass is 127. The van der Waals surface area contributed by atoms with Crippen LogP contribution in [0.3, 0.4) is 0 Å². The van der Waals surface area contributed by atoms with Gasteiger partial charge in [-0.1, -0.05) is 12.1 Å². The van der Waals surface area contributed by atoms with Gasteiger partial charge >= 0.3 is 0 Å². The summed E-state index contributed by atoms with van der Waals surface area (Å²) in [6.07, 6.45) is 1.63. The third kappa shape index (κ3) is 4.64. The Morgan fingerprint density at radius 1 is 1.19 bits per heavy atom. The highest BCUT2D eigenvalue weighted by Crippen LogP contribution is 2.24. The molecule has 2 N–H and O–H groups in total. The first-order valence-corrected chi connectivity index (χ1v) is 7.84. The topological polar surface area (TPSA) is 37.0 Å². The molecule has 0 spiro atoms. The molecule has 112 valence electrons. The summed E-state index contributed by atoms with van der Waals surface area (Å²) in [6.45, 7) is 6.63. The zero-order valence-electron chi connectivity index (χ0n) is 12.4. The van der Waals surface area contributed by atoms with E-state index < -0.39 is 0 Å². The van der Waals surface area contributed by atoms with Crippen LogP contribution in [0.1, 0.15) is 26.3 Å². The van der Waals surface area contributed by atoms with Gasteiger partial charge in [0.25, 0.3) is 0 Å². The number of rotatable bonds is 4. The Morgan fingerprint density at radius 2 is 1.90 bits per heavy atom. The lowest BCUT2D eigenvalue weighted by Gasteiger charge is -2.21. The molecule has 0 amide bonds. The van der Waals surface area contributed by atoms with Crippen LogP contribution in [0.2, 0.25) is 0 Å². The lowest BCUT2D eigenvalue weighted by molar-refractivity contribution is 0.418. The summed E-state index contributed by atoms with van der Waals surface area (Å²) in [5, 5.41) is 6.34. The summed E-state index contributed by atoms with van der Waals surface area (Å²) in [4.78, 5) is 4.10. The number of benzene rings is 1. The van der Waals surface area contributed by atoms with Crippen molar-refractivity contribution in [2.24, 2.45) is 0 Å². The molecule has 1 aromatic heterocycles. The van der Waals surface area contributed by atoms with Gasteiger partial charge in [-0.15, -0.1) is 0 Å². The van der Waals surface area contributed by atoms with Gasteiger partial charge in [-0.2, -0.15) is 0 Å². The van der Waals surface area contributed by atoms with Crippen molar-refractivity contribution in [1.29, 1.82) is 0 Å². The van der Waals surface area contributed by atoms with Crippen LogP contribution in [0, 0.1) is 9.39 Å². The molecule has 0 atom stereocenters. The van der Waals surface area contributed by atoms with Crippen molar-refractivity contribution in [3.8, 4) is 0 Å². The first-order valence-electron chi connectivity index (χ1n) is 6.77. The van der Waals surface area contributed by atoms with E-state index in [2.05, 4.69) is 59.0 Å². The highest BCUT2D eigenvalue weighted by molar-refractivity contribution is 14.1. The highest BCUT2D eigenvalue weighted by Gasteiger charge is 2.14. The summed E-state index contributed by atoms with van der Waals surface area (Å²) in [5.74, 6) is -0.0544. The monoisotopic (exact) mass is 399 g/mol. The minimum absolute atomic E-state index is 0.0574. The maximum Gasteiger partial charge on any atom is 0.170 e. The molecule has 2 aromatic rings. The quantitative estimate of drug-likeness (QED) is 0.746. The van der Waals surface area contributed by atoms with Gasteiger partial charge in [-0.05, 0) is 61.6 Å². The van der Waals surface area contributed by atoms with Crippen molar-refractivity contribution >= 4 is 34.1 Å². The van der Waals surface area contributed by atoms with Crippen LogP contribution in [0.5, 0.6) is 0 Å². The molecule has 2 rings (SSSR count). The lowest BCUT2D eigenvalue weighted by atomic mass is 10.1. The number of hydrogen-bond donors (Lipinski definition) is 2. The third-order valence-corrected chi connectivity index (χ3v) is 3.85. The molecule has 1 heterocycles. The van der Waals surface area contributed by atoms with E-state index in [1.807, 2.05) is 24.3 Å². The maximum absolute atomic E-state index is 14.5. The largest absolute Gasteiger partial charge is 0.337 e. The number of halogens is 2. The maximum atomic E-state index is 14.5. The fourth-order valence-electron chi connectivity index (χ4n) is 1.76. The lowest BCUT2D eigenvalue weighted by Crippen LogP contribution is -2.35. The average Bonchev–Trinajstić information content (AvgIpc) is 2.41. The Bertz CT molecular complexity index is 623. The SMILES string of the molecule is CC(C)(C)NCc1ccnc(Nc2ccccc2I)c1F. The molecule has 0 fully saturated rings. The van der Waals surface area contributed by atoms with Crippen LogP contribution in [0.25, 0.3) is 0 Å². The number of hydrogen-bond acceptors (Lipinski definition) is 3. The number of aromatic nitrogens is 1. The van der Waals surface area contributed by atoms with Gasteiger partial charge in [0.2, 0.25) is 0 Å². The molecular formula is C16H19FIN3. The zero-order valence-corrected chi connectivity index (χ0v) is 14.5. The molecule has 0 bridgehead atoms. The standard InChI is InChI=1S/C16H19FIN3/c1-16(2,3)20-10-11-8-9-19-15(14(11)17)21-13-7-5-4-6-12(13)18/h4-9,20H,10H2,1-3H3,(H,19,21). The van der Waals surface area contributed by atoms with Crippen molar-refractivity contribution in [2.75, 3.05) is 5.32 Å². The molecular weight excluding hydrogens is 380 g/mol. The van der Waals surface area contributed by atoms with E-state index in [1.54, 1.807) is 12.3 Å². The van der Waals surface area contributed by atoms with E-state index in [-0.39, 0.29) is 17.2 Å². The zero-order chi connectivity index (χ0) is 15.5. The second-order valence-electron chi connectivity index (χ2n) is 5.84. The average molecular weight is 399 g/mol. The van der Waals surface area contributed by atoms with E-state index in [9.17, 15) is 4.39 Å². The molecule has 0 unspecified atom stereocenters.